The van der Waals surface area contributed by atoms with Gasteiger partial charge in [-0.15, -0.1) is 0 Å². The van der Waals surface area contributed by atoms with Crippen LogP contribution < -0.4 is 0 Å². The lowest BCUT2D eigenvalue weighted by molar-refractivity contribution is 0.0758. The summed E-state index contributed by atoms with van der Waals surface area (Å²) in [6, 6.07) is 0.0611. The second-order valence-electron chi connectivity index (χ2n) is 11.1. The first-order chi connectivity index (χ1) is 18.5. The average molecular weight is 545 g/mol. The molecular formula is C34H60N2O3. The van der Waals surface area contributed by atoms with E-state index in [2.05, 4.69) is 76.7 Å². The van der Waals surface area contributed by atoms with E-state index in [0.29, 0.717) is 11.3 Å². The summed E-state index contributed by atoms with van der Waals surface area (Å²) in [5.74, 6) is 1.96. The zero-order chi connectivity index (χ0) is 30.2. The number of rotatable bonds is 11. The first kappa shape index (κ1) is 36.8. The molecule has 0 aliphatic carbocycles. The van der Waals surface area contributed by atoms with E-state index in [1.54, 1.807) is 6.08 Å². The molecule has 0 amide bonds. The molecule has 0 spiro atoms. The van der Waals surface area contributed by atoms with Crippen LogP contribution in [0.3, 0.4) is 0 Å². The van der Waals surface area contributed by atoms with Crippen molar-refractivity contribution in [2.75, 3.05) is 26.7 Å². The molecule has 0 aromatic rings. The van der Waals surface area contributed by atoms with Crippen LogP contribution in [0.2, 0.25) is 0 Å². The van der Waals surface area contributed by atoms with Crippen molar-refractivity contribution in [1.29, 1.82) is 0 Å². The van der Waals surface area contributed by atoms with Crippen molar-refractivity contribution in [3.8, 4) is 0 Å². The van der Waals surface area contributed by atoms with Gasteiger partial charge in [0.2, 0.25) is 0 Å². The fourth-order valence-electron chi connectivity index (χ4n) is 4.61. The number of ether oxygens (including phenoxy) is 1. The molecule has 1 fully saturated rings. The van der Waals surface area contributed by atoms with Crippen molar-refractivity contribution in [2.24, 2.45) is 11.3 Å². The number of aliphatic hydroxyl groups is 2. The molecule has 2 aliphatic heterocycles. The molecule has 0 saturated carbocycles. The largest absolute Gasteiger partial charge is 0.441 e. The van der Waals surface area contributed by atoms with Crippen LogP contribution in [-0.4, -0.2) is 58.9 Å². The van der Waals surface area contributed by atoms with Crippen molar-refractivity contribution in [3.63, 3.8) is 0 Å². The number of nitrogens with zero attached hydrogens (tertiary/aromatic N) is 2. The maximum Gasteiger partial charge on any atom is 0.197 e. The Morgan fingerprint density at radius 3 is 2.26 bits per heavy atom. The number of aliphatic hydroxyl groups excluding tert-OH is 2. The van der Waals surface area contributed by atoms with Crippen molar-refractivity contribution in [2.45, 2.75) is 107 Å². The minimum Gasteiger partial charge on any atom is -0.441 e. The lowest BCUT2D eigenvalue weighted by Crippen LogP contribution is -2.40. The van der Waals surface area contributed by atoms with Crippen molar-refractivity contribution in [1.82, 2.24) is 9.80 Å². The average Bonchev–Trinajstić information content (AvgIpc) is 2.93. The molecule has 2 unspecified atom stereocenters. The van der Waals surface area contributed by atoms with Crippen LogP contribution in [0.1, 0.15) is 94.4 Å². The Labute approximate surface area is 241 Å². The number of piperidine rings is 1. The monoisotopic (exact) mass is 544 g/mol. The van der Waals surface area contributed by atoms with Gasteiger partial charge in [-0.3, -0.25) is 0 Å². The minimum absolute atomic E-state index is 0.0611. The van der Waals surface area contributed by atoms with Gasteiger partial charge in [-0.05, 0) is 56.6 Å². The Kier molecular flexibility index (Phi) is 17.9. The molecule has 2 heterocycles. The van der Waals surface area contributed by atoms with E-state index in [1.165, 1.54) is 0 Å². The molecular weight excluding hydrogens is 484 g/mol. The number of likely N-dealkylation sites (tertiary alicyclic amines) is 1. The van der Waals surface area contributed by atoms with E-state index >= 15 is 0 Å². The highest BCUT2D eigenvalue weighted by Gasteiger charge is 2.35. The first-order valence-corrected chi connectivity index (χ1v) is 15.0. The standard InChI is InChI=1S/C31H50N2O2.C2H6.CH4O/c1-10-13-15-24(5)33(18-14-11-2)25(6)22-28-27(21-23(4)12-3)29(34)26(7)30(35-28)32-19-16-31(8,9)17-20-32;2*1-2/h10,13,15,21-23,25,29,34H,1,5,11-12,14,16-20H2,2-4,6-9H3;1-2H3;2H,1H3/b15-13-,27-21+,28-22-;;/t23-,25?,29?;;/m0../s1. The van der Waals surface area contributed by atoms with E-state index in [-0.39, 0.29) is 6.04 Å². The second kappa shape index (κ2) is 18.9. The van der Waals surface area contributed by atoms with Crippen LogP contribution in [0.25, 0.3) is 0 Å². The molecule has 0 aromatic carbocycles. The summed E-state index contributed by atoms with van der Waals surface area (Å²) in [7, 11) is 1.00. The quantitative estimate of drug-likeness (QED) is 0.258. The molecule has 1 saturated heterocycles. The maximum atomic E-state index is 11.4. The molecule has 2 N–H and O–H groups in total. The highest BCUT2D eigenvalue weighted by atomic mass is 16.5. The van der Waals surface area contributed by atoms with Gasteiger partial charge in [0.25, 0.3) is 0 Å². The van der Waals surface area contributed by atoms with Gasteiger partial charge >= 0.3 is 0 Å². The van der Waals surface area contributed by atoms with Crippen molar-refractivity contribution in [3.05, 3.63) is 72.0 Å². The molecule has 2 rings (SSSR count). The Bertz CT molecular complexity index is 856. The van der Waals surface area contributed by atoms with Crippen molar-refractivity contribution >= 4 is 0 Å². The number of allylic oxidation sites excluding steroid dienone is 4. The van der Waals surface area contributed by atoms with Crippen LogP contribution in [0.15, 0.2) is 72.0 Å². The lowest BCUT2D eigenvalue weighted by atomic mass is 9.82. The molecule has 39 heavy (non-hydrogen) atoms. The molecule has 0 aromatic heterocycles. The smallest absolute Gasteiger partial charge is 0.197 e. The van der Waals surface area contributed by atoms with Gasteiger partial charge in [0.1, 0.15) is 11.9 Å². The fraction of sp³-hybridized carbons (Fsp3) is 0.647. The summed E-state index contributed by atoms with van der Waals surface area (Å²) in [6.07, 6.45) is 14.9. The third-order valence-corrected chi connectivity index (χ3v) is 7.48. The Balaban J connectivity index is 0.00000344. The summed E-state index contributed by atoms with van der Waals surface area (Å²) in [5, 5.41) is 18.4. The Morgan fingerprint density at radius 2 is 1.74 bits per heavy atom. The van der Waals surface area contributed by atoms with Gasteiger partial charge in [-0.2, -0.15) is 0 Å². The van der Waals surface area contributed by atoms with Crippen LogP contribution in [0, 0.1) is 11.3 Å². The second-order valence-corrected chi connectivity index (χ2v) is 11.1. The highest BCUT2D eigenvalue weighted by Crippen LogP contribution is 2.38. The normalized spacial score (nSPS) is 22.4. The lowest BCUT2D eigenvalue weighted by Gasteiger charge is -2.42. The predicted octanol–water partition coefficient (Wildman–Crippen LogP) is 7.97. The molecule has 0 bridgehead atoms. The third kappa shape index (κ3) is 11.4. The van der Waals surface area contributed by atoms with Gasteiger partial charge in [-0.1, -0.05) is 92.7 Å². The zero-order valence-corrected chi connectivity index (χ0v) is 26.9. The van der Waals surface area contributed by atoms with E-state index < -0.39 is 6.10 Å². The number of hydrogen-bond acceptors (Lipinski definition) is 5. The SMILES string of the molecule is C=C/C=C\C(=C)N(CCCC)C(C)/C=C1\OC(N2CCC(C)(C)CC2)=C(C)C(O)\C1=C\[C@@H](C)CC.CC.CO. The molecule has 3 atom stereocenters. The number of unbranched alkanes of at least 4 members (excludes halogenated alkanes) is 1. The van der Waals surface area contributed by atoms with Gasteiger partial charge < -0.3 is 24.7 Å². The van der Waals surface area contributed by atoms with Crippen LogP contribution in [-0.2, 0) is 4.74 Å². The van der Waals surface area contributed by atoms with E-state index in [0.717, 1.165) is 87.3 Å². The van der Waals surface area contributed by atoms with E-state index in [9.17, 15) is 5.11 Å². The third-order valence-electron chi connectivity index (χ3n) is 7.48. The summed E-state index contributed by atoms with van der Waals surface area (Å²) < 4.78 is 6.67. The number of hydrogen-bond donors (Lipinski definition) is 2. The summed E-state index contributed by atoms with van der Waals surface area (Å²) in [6.45, 7) is 30.4. The minimum atomic E-state index is -0.658. The zero-order valence-electron chi connectivity index (χ0n) is 26.9. The Hall–Kier alpha value is -2.24. The summed E-state index contributed by atoms with van der Waals surface area (Å²) in [4.78, 5) is 4.63. The van der Waals surface area contributed by atoms with Gasteiger partial charge in [0.05, 0.1) is 0 Å². The molecule has 224 valence electrons. The fourth-order valence-corrected chi connectivity index (χ4v) is 4.61. The Morgan fingerprint density at radius 1 is 1.15 bits per heavy atom. The van der Waals surface area contributed by atoms with Crippen LogP contribution in [0.5, 0.6) is 0 Å². The van der Waals surface area contributed by atoms with Gasteiger partial charge in [-0.25, -0.2) is 0 Å². The topological polar surface area (TPSA) is 56.2 Å². The predicted molar refractivity (Wildman–Crippen MR) is 169 cm³/mol. The maximum absolute atomic E-state index is 11.4. The molecule has 5 heteroatoms. The van der Waals surface area contributed by atoms with Crippen LogP contribution in [0.4, 0.5) is 0 Å². The van der Waals surface area contributed by atoms with Crippen LogP contribution >= 0.6 is 0 Å². The summed E-state index contributed by atoms with van der Waals surface area (Å²) >= 11 is 0. The first-order valence-electron chi connectivity index (χ1n) is 15.0. The highest BCUT2D eigenvalue weighted by molar-refractivity contribution is 5.42. The summed E-state index contributed by atoms with van der Waals surface area (Å²) in [5.41, 5.74) is 3.10. The van der Waals surface area contributed by atoms with E-state index in [4.69, 9.17) is 9.84 Å². The van der Waals surface area contributed by atoms with Gasteiger partial charge in [0.15, 0.2) is 5.88 Å². The van der Waals surface area contributed by atoms with Gasteiger partial charge in [0, 0.05) is 49.6 Å². The van der Waals surface area contributed by atoms with E-state index in [1.807, 2.05) is 32.9 Å². The molecule has 5 nitrogen and oxygen atoms in total. The molecule has 2 aliphatic rings. The van der Waals surface area contributed by atoms with Crippen molar-refractivity contribution < 1.29 is 14.9 Å². The molecule has 0 radical (unpaired) electrons.